The molecule has 8 nitrogen and oxygen atoms in total. The van der Waals surface area contributed by atoms with Gasteiger partial charge in [0.15, 0.2) is 5.69 Å². The molecule has 0 saturated carbocycles. The maximum atomic E-state index is 12.5. The Balaban J connectivity index is 1.43. The minimum atomic E-state index is -0.341. The fourth-order valence-corrected chi connectivity index (χ4v) is 3.51. The molecule has 152 valence electrons. The lowest BCUT2D eigenvalue weighted by Gasteiger charge is -2.09. The fraction of sp³-hybridized carbons (Fsp3) is 0.190. The molecule has 0 saturated heterocycles. The molecule has 30 heavy (non-hydrogen) atoms. The first-order chi connectivity index (χ1) is 14.4. The standard InChI is InChI=1S/C21H20ClN7O/c1-12-3-5-15-7-14(4-6-18(15)25-12)10-29-11-19(27-28-29)21(30)24-9-16-13(2)26-20(23)8-17(16)22/h3-8,11H,9-10H2,1-2H3,(H2,23,26)(H,24,30). The molecular formula is C21H20ClN7O. The Morgan fingerprint density at radius 2 is 2.00 bits per heavy atom. The SMILES string of the molecule is Cc1ccc2cc(Cn3cc(C(=O)NCc4c(Cl)cc(N)nc4C)nn3)ccc2n1. The average Bonchev–Trinajstić information content (AvgIpc) is 3.15. The fourth-order valence-electron chi connectivity index (χ4n) is 3.20. The Labute approximate surface area is 178 Å². The van der Waals surface area contributed by atoms with Crippen LogP contribution in [-0.4, -0.2) is 30.9 Å². The quantitative estimate of drug-likeness (QED) is 0.512. The summed E-state index contributed by atoms with van der Waals surface area (Å²) in [6.45, 7) is 4.48. The lowest BCUT2D eigenvalue weighted by Crippen LogP contribution is -2.24. The minimum Gasteiger partial charge on any atom is -0.384 e. The number of rotatable bonds is 5. The molecule has 0 aliphatic carbocycles. The number of hydrogen-bond acceptors (Lipinski definition) is 6. The van der Waals surface area contributed by atoms with Crippen LogP contribution in [0, 0.1) is 13.8 Å². The van der Waals surface area contributed by atoms with Gasteiger partial charge in [0.1, 0.15) is 5.82 Å². The van der Waals surface area contributed by atoms with Crippen molar-refractivity contribution in [3.8, 4) is 0 Å². The third-order valence-electron chi connectivity index (χ3n) is 4.73. The highest BCUT2D eigenvalue weighted by atomic mass is 35.5. The van der Waals surface area contributed by atoms with Gasteiger partial charge < -0.3 is 11.1 Å². The molecule has 9 heteroatoms. The highest BCUT2D eigenvalue weighted by Gasteiger charge is 2.13. The summed E-state index contributed by atoms with van der Waals surface area (Å²) in [6, 6.07) is 11.6. The van der Waals surface area contributed by atoms with Crippen molar-refractivity contribution in [2.45, 2.75) is 26.9 Å². The molecule has 0 radical (unpaired) electrons. The van der Waals surface area contributed by atoms with Gasteiger partial charge in [-0.3, -0.25) is 9.78 Å². The topological polar surface area (TPSA) is 112 Å². The van der Waals surface area contributed by atoms with E-state index in [0.29, 0.717) is 28.6 Å². The summed E-state index contributed by atoms with van der Waals surface area (Å²) in [7, 11) is 0. The highest BCUT2D eigenvalue weighted by molar-refractivity contribution is 6.31. The van der Waals surface area contributed by atoms with E-state index < -0.39 is 0 Å². The van der Waals surface area contributed by atoms with Crippen molar-refractivity contribution in [3.05, 3.63) is 75.8 Å². The van der Waals surface area contributed by atoms with Crippen LogP contribution in [0.4, 0.5) is 5.82 Å². The molecule has 1 amide bonds. The zero-order valence-corrected chi connectivity index (χ0v) is 17.3. The maximum absolute atomic E-state index is 12.5. The van der Waals surface area contributed by atoms with Crippen LogP contribution >= 0.6 is 11.6 Å². The van der Waals surface area contributed by atoms with Crippen LogP contribution in [0.25, 0.3) is 10.9 Å². The molecule has 3 aromatic heterocycles. The van der Waals surface area contributed by atoms with Crippen molar-refractivity contribution < 1.29 is 4.79 Å². The number of benzene rings is 1. The van der Waals surface area contributed by atoms with E-state index >= 15 is 0 Å². The number of amides is 1. The number of nitrogens with two attached hydrogens (primary N) is 1. The molecule has 0 fully saturated rings. The van der Waals surface area contributed by atoms with Gasteiger partial charge in [-0.05, 0) is 43.7 Å². The van der Waals surface area contributed by atoms with Crippen molar-refractivity contribution in [1.29, 1.82) is 0 Å². The largest absolute Gasteiger partial charge is 0.384 e. The zero-order valence-electron chi connectivity index (χ0n) is 16.6. The van der Waals surface area contributed by atoms with Crippen molar-refractivity contribution >= 4 is 34.2 Å². The Morgan fingerprint density at radius 3 is 2.80 bits per heavy atom. The highest BCUT2D eigenvalue weighted by Crippen LogP contribution is 2.20. The van der Waals surface area contributed by atoms with Gasteiger partial charge in [0, 0.05) is 28.9 Å². The van der Waals surface area contributed by atoms with E-state index in [0.717, 1.165) is 22.2 Å². The first-order valence-corrected chi connectivity index (χ1v) is 9.73. The summed E-state index contributed by atoms with van der Waals surface area (Å²) in [5, 5.41) is 12.4. The van der Waals surface area contributed by atoms with Gasteiger partial charge in [-0.25, -0.2) is 9.67 Å². The van der Waals surface area contributed by atoms with E-state index in [1.807, 2.05) is 31.2 Å². The van der Waals surface area contributed by atoms with E-state index in [1.165, 1.54) is 0 Å². The van der Waals surface area contributed by atoms with Crippen LogP contribution in [0.2, 0.25) is 5.02 Å². The number of anilines is 1. The molecule has 4 rings (SSSR count). The Hall–Kier alpha value is -3.52. The van der Waals surface area contributed by atoms with E-state index in [4.69, 9.17) is 17.3 Å². The Morgan fingerprint density at radius 1 is 1.17 bits per heavy atom. The maximum Gasteiger partial charge on any atom is 0.273 e. The molecule has 0 aliphatic rings. The number of nitrogens with one attached hydrogen (secondary N) is 1. The monoisotopic (exact) mass is 421 g/mol. The minimum absolute atomic E-state index is 0.223. The lowest BCUT2D eigenvalue weighted by atomic mass is 10.1. The van der Waals surface area contributed by atoms with Crippen LogP contribution in [0.1, 0.15) is 33.0 Å². The van der Waals surface area contributed by atoms with Crippen LogP contribution in [-0.2, 0) is 13.1 Å². The summed E-state index contributed by atoms with van der Waals surface area (Å²) in [6.07, 6.45) is 1.61. The van der Waals surface area contributed by atoms with Crippen molar-refractivity contribution in [1.82, 2.24) is 30.3 Å². The number of hydrogen-bond donors (Lipinski definition) is 2. The number of nitrogens with zero attached hydrogens (tertiary/aromatic N) is 5. The number of pyridine rings is 2. The second-order valence-corrected chi connectivity index (χ2v) is 7.46. The molecule has 0 atom stereocenters. The third kappa shape index (κ3) is 4.23. The normalized spacial score (nSPS) is 11.0. The van der Waals surface area contributed by atoms with Gasteiger partial charge in [0.25, 0.3) is 5.91 Å². The molecule has 4 aromatic rings. The predicted molar refractivity (Wildman–Crippen MR) is 115 cm³/mol. The van der Waals surface area contributed by atoms with Gasteiger partial charge in [0.05, 0.1) is 23.3 Å². The van der Waals surface area contributed by atoms with Gasteiger partial charge in [0.2, 0.25) is 0 Å². The average molecular weight is 422 g/mol. The predicted octanol–water partition coefficient (Wildman–Crippen LogP) is 3.05. The summed E-state index contributed by atoms with van der Waals surface area (Å²) < 4.78 is 1.63. The second kappa shape index (κ2) is 8.08. The van der Waals surface area contributed by atoms with Gasteiger partial charge in [-0.2, -0.15) is 0 Å². The molecule has 1 aromatic carbocycles. The lowest BCUT2D eigenvalue weighted by molar-refractivity contribution is 0.0946. The molecule has 3 heterocycles. The Kier molecular flexibility index (Phi) is 5.33. The van der Waals surface area contributed by atoms with E-state index in [-0.39, 0.29) is 18.1 Å². The Bertz CT molecular complexity index is 1230. The van der Waals surface area contributed by atoms with Crippen molar-refractivity contribution in [2.75, 3.05) is 5.73 Å². The number of nitrogen functional groups attached to an aromatic ring is 1. The summed E-state index contributed by atoms with van der Waals surface area (Å²) in [4.78, 5) is 21.1. The summed E-state index contributed by atoms with van der Waals surface area (Å²) in [5.41, 5.74) is 10.3. The molecule has 0 spiro atoms. The number of fused-ring (bicyclic) bond motifs is 1. The van der Waals surface area contributed by atoms with Crippen LogP contribution < -0.4 is 11.1 Å². The number of carbonyl (C=O) groups is 1. The van der Waals surface area contributed by atoms with Crippen molar-refractivity contribution in [3.63, 3.8) is 0 Å². The van der Waals surface area contributed by atoms with Crippen LogP contribution in [0.3, 0.4) is 0 Å². The van der Waals surface area contributed by atoms with Crippen LogP contribution in [0.5, 0.6) is 0 Å². The number of halogens is 1. The number of carbonyl (C=O) groups excluding carboxylic acids is 1. The summed E-state index contributed by atoms with van der Waals surface area (Å²) >= 11 is 6.20. The molecule has 3 N–H and O–H groups in total. The van der Waals surface area contributed by atoms with E-state index in [1.54, 1.807) is 23.9 Å². The molecule has 0 unspecified atom stereocenters. The third-order valence-corrected chi connectivity index (χ3v) is 5.07. The van der Waals surface area contributed by atoms with E-state index in [2.05, 4.69) is 31.7 Å². The summed E-state index contributed by atoms with van der Waals surface area (Å²) in [5.74, 6) is 0.00172. The first kappa shape index (κ1) is 19.8. The van der Waals surface area contributed by atoms with Crippen molar-refractivity contribution in [2.24, 2.45) is 0 Å². The smallest absolute Gasteiger partial charge is 0.273 e. The van der Waals surface area contributed by atoms with Gasteiger partial charge in [-0.15, -0.1) is 5.10 Å². The van der Waals surface area contributed by atoms with Gasteiger partial charge in [-0.1, -0.05) is 28.9 Å². The molecular weight excluding hydrogens is 402 g/mol. The zero-order chi connectivity index (χ0) is 21.3. The number of aromatic nitrogens is 5. The molecule has 0 bridgehead atoms. The number of aryl methyl sites for hydroxylation is 2. The molecule has 0 aliphatic heterocycles. The van der Waals surface area contributed by atoms with Crippen LogP contribution in [0.15, 0.2) is 42.6 Å². The second-order valence-electron chi connectivity index (χ2n) is 7.06. The van der Waals surface area contributed by atoms with Gasteiger partial charge >= 0.3 is 0 Å². The van der Waals surface area contributed by atoms with E-state index in [9.17, 15) is 4.79 Å². The first-order valence-electron chi connectivity index (χ1n) is 9.35.